The van der Waals surface area contributed by atoms with Gasteiger partial charge in [-0.05, 0) is 6.42 Å². The van der Waals surface area contributed by atoms with E-state index in [1.54, 1.807) is 0 Å². The molecule has 2 nitrogen and oxygen atoms in total. The average Bonchev–Trinajstić information content (AvgIpc) is 2.60. The Balaban J connectivity index is 2.99. The Morgan fingerprint density at radius 3 is 1.29 bits per heavy atom. The average molecular weight is 361 g/mol. The Labute approximate surface area is 156 Å². The van der Waals surface area contributed by atoms with E-state index in [9.17, 15) is 4.79 Å². The monoisotopic (exact) mass is 360 g/mol. The van der Waals surface area contributed by atoms with Gasteiger partial charge in [0.25, 0.3) is 0 Å². The largest absolute Gasteiger partial charge is 0.465 e. The minimum absolute atomic E-state index is 0.0288. The van der Waals surface area contributed by atoms with Crippen LogP contribution >= 0.6 is 11.6 Å². The molecule has 0 heterocycles. The molecule has 0 spiro atoms. The van der Waals surface area contributed by atoms with Gasteiger partial charge in [0.05, 0.1) is 6.61 Å². The first-order valence-corrected chi connectivity index (χ1v) is 11.1. The molecule has 0 N–H and O–H groups in total. The highest BCUT2D eigenvalue weighted by Crippen LogP contribution is 2.14. The number of carbonyl (C=O) groups excluding carboxylic acids is 1. The number of unbranched alkanes of at least 4 members (excludes halogenated alkanes) is 16. The van der Waals surface area contributed by atoms with Crippen LogP contribution in [-0.2, 0) is 9.53 Å². The summed E-state index contributed by atoms with van der Waals surface area (Å²) < 4.78 is 4.94. The standard InChI is InChI=1S/C21H41ClO2/c1-2-3-4-5-6-7-8-9-10-11-12-13-14-15-16-17-18-19-24-21(23)20-22/h2-20H2,1H3. The summed E-state index contributed by atoms with van der Waals surface area (Å²) in [5.74, 6) is -0.327. The molecule has 0 aromatic rings. The van der Waals surface area contributed by atoms with E-state index in [1.165, 1.54) is 96.3 Å². The first kappa shape index (κ1) is 23.8. The molecule has 0 unspecified atom stereocenters. The maximum atomic E-state index is 10.8. The maximum absolute atomic E-state index is 10.8. The predicted octanol–water partition coefficient (Wildman–Crippen LogP) is 7.42. The van der Waals surface area contributed by atoms with Crippen LogP contribution in [0.1, 0.15) is 116 Å². The normalized spacial score (nSPS) is 10.9. The number of rotatable bonds is 19. The minimum atomic E-state index is -0.298. The van der Waals surface area contributed by atoms with Crippen molar-refractivity contribution in [2.24, 2.45) is 0 Å². The molecule has 0 radical (unpaired) electrons. The van der Waals surface area contributed by atoms with Crippen molar-refractivity contribution in [3.8, 4) is 0 Å². The molecule has 0 saturated heterocycles. The molecular formula is C21H41ClO2. The lowest BCUT2D eigenvalue weighted by molar-refractivity contribution is -0.140. The molecule has 144 valence electrons. The van der Waals surface area contributed by atoms with E-state index in [1.807, 2.05) is 0 Å². The lowest BCUT2D eigenvalue weighted by atomic mass is 10.0. The van der Waals surface area contributed by atoms with Gasteiger partial charge in [-0.1, -0.05) is 110 Å². The van der Waals surface area contributed by atoms with Crippen LogP contribution in [0.4, 0.5) is 0 Å². The Bertz CT molecular complexity index is 256. The second-order valence-corrected chi connectivity index (χ2v) is 7.28. The summed E-state index contributed by atoms with van der Waals surface area (Å²) in [6.07, 6.45) is 23.2. The second kappa shape index (κ2) is 20.8. The minimum Gasteiger partial charge on any atom is -0.465 e. The van der Waals surface area contributed by atoms with E-state index < -0.39 is 0 Å². The molecule has 0 aliphatic heterocycles. The third-order valence-corrected chi connectivity index (χ3v) is 4.84. The van der Waals surface area contributed by atoms with Crippen molar-refractivity contribution in [3.05, 3.63) is 0 Å². The van der Waals surface area contributed by atoms with Gasteiger partial charge in [-0.25, -0.2) is 0 Å². The quantitative estimate of drug-likeness (QED) is 0.136. The van der Waals surface area contributed by atoms with Gasteiger partial charge >= 0.3 is 5.97 Å². The van der Waals surface area contributed by atoms with Gasteiger partial charge in [0.2, 0.25) is 0 Å². The number of alkyl halides is 1. The number of carbonyl (C=O) groups is 1. The van der Waals surface area contributed by atoms with E-state index in [0.717, 1.165) is 12.8 Å². The van der Waals surface area contributed by atoms with Crippen molar-refractivity contribution in [2.45, 2.75) is 116 Å². The molecule has 0 aliphatic rings. The van der Waals surface area contributed by atoms with Crippen molar-refractivity contribution in [1.29, 1.82) is 0 Å². The molecular weight excluding hydrogens is 320 g/mol. The molecule has 0 saturated carbocycles. The molecule has 0 amide bonds. The molecule has 0 atom stereocenters. The number of halogens is 1. The Kier molecular flexibility index (Phi) is 20.6. The van der Waals surface area contributed by atoms with Crippen LogP contribution in [0.25, 0.3) is 0 Å². The molecule has 0 aromatic heterocycles. The predicted molar refractivity (Wildman–Crippen MR) is 106 cm³/mol. The SMILES string of the molecule is CCCCCCCCCCCCCCCCCCCOC(=O)CCl. The van der Waals surface area contributed by atoms with E-state index in [2.05, 4.69) is 6.92 Å². The van der Waals surface area contributed by atoms with Crippen LogP contribution in [-0.4, -0.2) is 18.5 Å². The highest BCUT2D eigenvalue weighted by molar-refractivity contribution is 6.26. The maximum Gasteiger partial charge on any atom is 0.320 e. The molecule has 0 aliphatic carbocycles. The fourth-order valence-electron chi connectivity index (χ4n) is 3.05. The summed E-state index contributed by atoms with van der Waals surface area (Å²) >= 11 is 5.36. The van der Waals surface area contributed by atoms with Crippen molar-refractivity contribution in [2.75, 3.05) is 12.5 Å². The Morgan fingerprint density at radius 2 is 0.958 bits per heavy atom. The van der Waals surface area contributed by atoms with Gasteiger partial charge in [-0.2, -0.15) is 0 Å². The summed E-state index contributed by atoms with van der Waals surface area (Å²) in [6, 6.07) is 0. The van der Waals surface area contributed by atoms with Crippen molar-refractivity contribution in [3.63, 3.8) is 0 Å². The molecule has 0 bridgehead atoms. The van der Waals surface area contributed by atoms with Gasteiger partial charge < -0.3 is 4.74 Å². The summed E-state index contributed by atoms with van der Waals surface area (Å²) in [4.78, 5) is 10.8. The van der Waals surface area contributed by atoms with E-state index in [-0.39, 0.29) is 11.8 Å². The van der Waals surface area contributed by atoms with Gasteiger partial charge in [-0.15, -0.1) is 11.6 Å². The lowest BCUT2D eigenvalue weighted by Gasteiger charge is -2.04. The fraction of sp³-hybridized carbons (Fsp3) is 0.952. The molecule has 0 aromatic carbocycles. The van der Waals surface area contributed by atoms with Crippen molar-refractivity contribution in [1.82, 2.24) is 0 Å². The Morgan fingerprint density at radius 1 is 0.625 bits per heavy atom. The van der Waals surface area contributed by atoms with E-state index in [0.29, 0.717) is 6.61 Å². The van der Waals surface area contributed by atoms with Crippen molar-refractivity contribution >= 4 is 17.6 Å². The van der Waals surface area contributed by atoms with Crippen LogP contribution in [0.2, 0.25) is 0 Å². The van der Waals surface area contributed by atoms with Crippen LogP contribution in [0.5, 0.6) is 0 Å². The highest BCUT2D eigenvalue weighted by Gasteiger charge is 1.98. The number of hydrogen-bond acceptors (Lipinski definition) is 2. The zero-order valence-electron chi connectivity index (χ0n) is 16.1. The smallest absolute Gasteiger partial charge is 0.320 e. The first-order chi connectivity index (χ1) is 11.8. The summed E-state index contributed by atoms with van der Waals surface area (Å²) in [5, 5.41) is 0. The zero-order chi connectivity index (χ0) is 17.7. The van der Waals surface area contributed by atoms with Crippen LogP contribution in [0, 0.1) is 0 Å². The third-order valence-electron chi connectivity index (χ3n) is 4.62. The fourth-order valence-corrected chi connectivity index (χ4v) is 3.13. The molecule has 24 heavy (non-hydrogen) atoms. The Hall–Kier alpha value is -0.240. The number of esters is 1. The molecule has 0 fully saturated rings. The third kappa shape index (κ3) is 19.8. The van der Waals surface area contributed by atoms with E-state index >= 15 is 0 Å². The van der Waals surface area contributed by atoms with Gasteiger partial charge in [0, 0.05) is 0 Å². The van der Waals surface area contributed by atoms with Gasteiger partial charge in [0.1, 0.15) is 5.88 Å². The van der Waals surface area contributed by atoms with Gasteiger partial charge in [-0.3, -0.25) is 4.79 Å². The van der Waals surface area contributed by atoms with Crippen LogP contribution in [0.15, 0.2) is 0 Å². The topological polar surface area (TPSA) is 26.3 Å². The summed E-state index contributed by atoms with van der Waals surface area (Å²) in [7, 11) is 0. The lowest BCUT2D eigenvalue weighted by Crippen LogP contribution is -2.06. The summed E-state index contributed by atoms with van der Waals surface area (Å²) in [6.45, 7) is 2.81. The highest BCUT2D eigenvalue weighted by atomic mass is 35.5. The zero-order valence-corrected chi connectivity index (χ0v) is 16.9. The van der Waals surface area contributed by atoms with Crippen LogP contribution < -0.4 is 0 Å². The molecule has 3 heteroatoms. The van der Waals surface area contributed by atoms with E-state index in [4.69, 9.17) is 16.3 Å². The van der Waals surface area contributed by atoms with Crippen molar-refractivity contribution < 1.29 is 9.53 Å². The second-order valence-electron chi connectivity index (χ2n) is 7.01. The number of ether oxygens (including phenoxy) is 1. The summed E-state index contributed by atoms with van der Waals surface area (Å²) in [5.41, 5.74) is 0. The molecule has 0 rings (SSSR count). The first-order valence-electron chi connectivity index (χ1n) is 10.5. The van der Waals surface area contributed by atoms with Crippen LogP contribution in [0.3, 0.4) is 0 Å². The van der Waals surface area contributed by atoms with Gasteiger partial charge in [0.15, 0.2) is 0 Å². The number of hydrogen-bond donors (Lipinski definition) is 0.